The van der Waals surface area contributed by atoms with E-state index >= 15 is 0 Å². The van der Waals surface area contributed by atoms with Crippen molar-refractivity contribution in [1.29, 1.82) is 0 Å². The van der Waals surface area contributed by atoms with Crippen LogP contribution in [0.4, 0.5) is 5.69 Å². The molecule has 1 atom stereocenters. The number of hydrogen-bond donors (Lipinski definition) is 1. The minimum Gasteiger partial charge on any atom is -0.469 e. The summed E-state index contributed by atoms with van der Waals surface area (Å²) in [4.78, 5) is 14.0. The summed E-state index contributed by atoms with van der Waals surface area (Å²) >= 11 is 0. The Morgan fingerprint density at radius 2 is 1.81 bits per heavy atom. The molecule has 4 nitrogen and oxygen atoms in total. The standard InChI is InChI=1S/C17H26N2O2/c1-12(13-4-8-15(18)9-5-13)19(2)16-10-6-14(7-11-16)17(20)21-3/h4-5,8-9,12,14,16H,6-7,10-11,18H2,1-3H3/t12?,14-,16-. The number of nitrogens with zero attached hydrogens (tertiary/aromatic N) is 1. The first-order chi connectivity index (χ1) is 10.0. The van der Waals surface area contributed by atoms with Crippen LogP contribution in [0.3, 0.4) is 0 Å². The van der Waals surface area contributed by atoms with Crippen LogP contribution in [0.25, 0.3) is 0 Å². The van der Waals surface area contributed by atoms with Gasteiger partial charge >= 0.3 is 5.97 Å². The second-order valence-electron chi connectivity index (χ2n) is 6.04. The summed E-state index contributed by atoms with van der Waals surface area (Å²) in [6.45, 7) is 2.22. The fourth-order valence-electron chi connectivity index (χ4n) is 3.21. The van der Waals surface area contributed by atoms with E-state index in [1.807, 2.05) is 12.1 Å². The SMILES string of the molecule is COC(=O)[C@H]1CC[C@H](N(C)C(C)c2ccc(N)cc2)CC1. The molecule has 1 aliphatic carbocycles. The van der Waals surface area contributed by atoms with E-state index in [2.05, 4.69) is 31.0 Å². The van der Waals surface area contributed by atoms with Crippen molar-refractivity contribution in [3.8, 4) is 0 Å². The monoisotopic (exact) mass is 290 g/mol. The zero-order valence-electron chi connectivity index (χ0n) is 13.2. The normalized spacial score (nSPS) is 23.8. The topological polar surface area (TPSA) is 55.6 Å². The van der Waals surface area contributed by atoms with Gasteiger partial charge in [-0.1, -0.05) is 12.1 Å². The minimum atomic E-state index is -0.0531. The van der Waals surface area contributed by atoms with Crippen molar-refractivity contribution >= 4 is 11.7 Å². The van der Waals surface area contributed by atoms with Crippen molar-refractivity contribution in [3.63, 3.8) is 0 Å². The Bertz CT molecular complexity index is 464. The number of benzene rings is 1. The first kappa shape index (κ1) is 15.8. The van der Waals surface area contributed by atoms with E-state index in [1.165, 1.54) is 12.7 Å². The van der Waals surface area contributed by atoms with E-state index in [9.17, 15) is 4.79 Å². The van der Waals surface area contributed by atoms with Gasteiger partial charge in [-0.15, -0.1) is 0 Å². The molecule has 0 heterocycles. The van der Waals surface area contributed by atoms with Crippen molar-refractivity contribution in [2.75, 3.05) is 19.9 Å². The van der Waals surface area contributed by atoms with Gasteiger partial charge in [-0.25, -0.2) is 0 Å². The third-order valence-corrected chi connectivity index (χ3v) is 4.84. The quantitative estimate of drug-likeness (QED) is 0.684. The molecule has 0 amide bonds. The van der Waals surface area contributed by atoms with Gasteiger partial charge in [0.2, 0.25) is 0 Å². The van der Waals surface area contributed by atoms with E-state index in [1.54, 1.807) is 0 Å². The van der Waals surface area contributed by atoms with Gasteiger partial charge in [0.05, 0.1) is 13.0 Å². The number of methoxy groups -OCH3 is 1. The van der Waals surface area contributed by atoms with Crippen LogP contribution >= 0.6 is 0 Å². The molecule has 21 heavy (non-hydrogen) atoms. The Hall–Kier alpha value is -1.55. The van der Waals surface area contributed by atoms with Crippen LogP contribution in [-0.2, 0) is 9.53 Å². The van der Waals surface area contributed by atoms with Gasteiger partial charge < -0.3 is 10.5 Å². The first-order valence-corrected chi connectivity index (χ1v) is 7.68. The van der Waals surface area contributed by atoms with Gasteiger partial charge in [0, 0.05) is 17.8 Å². The van der Waals surface area contributed by atoms with Crippen molar-refractivity contribution in [2.45, 2.75) is 44.7 Å². The summed E-state index contributed by atoms with van der Waals surface area (Å²) in [5.74, 6) is 0.0363. The Kier molecular flexibility index (Phi) is 5.23. The average Bonchev–Trinajstić information content (AvgIpc) is 2.53. The van der Waals surface area contributed by atoms with Crippen molar-refractivity contribution in [1.82, 2.24) is 4.90 Å². The molecule has 0 radical (unpaired) electrons. The summed E-state index contributed by atoms with van der Waals surface area (Å²) < 4.78 is 4.85. The molecule has 0 spiro atoms. The number of nitrogen functional groups attached to an aromatic ring is 1. The minimum absolute atomic E-state index is 0.0531. The molecule has 2 N–H and O–H groups in total. The molecule has 0 aromatic heterocycles. The maximum Gasteiger partial charge on any atom is 0.308 e. The zero-order valence-corrected chi connectivity index (χ0v) is 13.2. The molecule has 0 saturated heterocycles. The molecule has 2 rings (SSSR count). The highest BCUT2D eigenvalue weighted by Crippen LogP contribution is 2.32. The smallest absolute Gasteiger partial charge is 0.308 e. The lowest BCUT2D eigenvalue weighted by Crippen LogP contribution is -2.38. The summed E-state index contributed by atoms with van der Waals surface area (Å²) in [6, 6.07) is 8.97. The molecule has 116 valence electrons. The van der Waals surface area contributed by atoms with Gasteiger partial charge in [0.15, 0.2) is 0 Å². The van der Waals surface area contributed by atoms with Gasteiger partial charge in [-0.3, -0.25) is 9.69 Å². The molecule has 1 aromatic carbocycles. The summed E-state index contributed by atoms with van der Waals surface area (Å²) in [7, 11) is 3.65. The number of esters is 1. The van der Waals surface area contributed by atoms with Crippen LogP contribution in [0.1, 0.15) is 44.2 Å². The van der Waals surface area contributed by atoms with E-state index in [4.69, 9.17) is 10.5 Å². The highest BCUT2D eigenvalue weighted by molar-refractivity contribution is 5.72. The summed E-state index contributed by atoms with van der Waals surface area (Å²) in [5.41, 5.74) is 7.82. The predicted octanol–water partition coefficient (Wildman–Crippen LogP) is 2.99. The predicted molar refractivity (Wildman–Crippen MR) is 84.8 cm³/mol. The number of anilines is 1. The lowest BCUT2D eigenvalue weighted by Gasteiger charge is -2.37. The third-order valence-electron chi connectivity index (χ3n) is 4.84. The van der Waals surface area contributed by atoms with Crippen LogP contribution in [0.15, 0.2) is 24.3 Å². The van der Waals surface area contributed by atoms with Crippen LogP contribution < -0.4 is 5.73 Å². The molecular formula is C17H26N2O2. The molecule has 0 bridgehead atoms. The lowest BCUT2D eigenvalue weighted by atomic mass is 9.85. The molecule has 1 aliphatic rings. The Morgan fingerprint density at radius 1 is 1.24 bits per heavy atom. The van der Waals surface area contributed by atoms with Gasteiger partial charge in [0.1, 0.15) is 0 Å². The fraction of sp³-hybridized carbons (Fsp3) is 0.588. The highest BCUT2D eigenvalue weighted by Gasteiger charge is 2.30. The van der Waals surface area contributed by atoms with Gasteiger partial charge in [-0.2, -0.15) is 0 Å². The van der Waals surface area contributed by atoms with Crippen molar-refractivity contribution < 1.29 is 9.53 Å². The number of hydrogen-bond acceptors (Lipinski definition) is 4. The fourth-order valence-corrected chi connectivity index (χ4v) is 3.21. The van der Waals surface area contributed by atoms with E-state index in [0.717, 1.165) is 31.4 Å². The molecule has 4 heteroatoms. The highest BCUT2D eigenvalue weighted by atomic mass is 16.5. The van der Waals surface area contributed by atoms with E-state index < -0.39 is 0 Å². The number of carbonyl (C=O) groups is 1. The molecule has 1 aromatic rings. The second kappa shape index (κ2) is 6.94. The maximum atomic E-state index is 11.6. The Balaban J connectivity index is 1.93. The Morgan fingerprint density at radius 3 is 2.33 bits per heavy atom. The number of ether oxygens (including phenoxy) is 1. The number of rotatable bonds is 4. The van der Waals surface area contributed by atoms with Crippen LogP contribution in [0, 0.1) is 5.92 Å². The lowest BCUT2D eigenvalue weighted by molar-refractivity contribution is -0.146. The second-order valence-corrected chi connectivity index (χ2v) is 6.04. The van der Waals surface area contributed by atoms with E-state index in [0.29, 0.717) is 12.1 Å². The molecular weight excluding hydrogens is 264 g/mol. The number of carbonyl (C=O) groups excluding carboxylic acids is 1. The maximum absolute atomic E-state index is 11.6. The average molecular weight is 290 g/mol. The Labute approximate surface area is 127 Å². The van der Waals surface area contributed by atoms with Crippen LogP contribution in [0.5, 0.6) is 0 Å². The van der Waals surface area contributed by atoms with Gasteiger partial charge in [0.25, 0.3) is 0 Å². The summed E-state index contributed by atoms with van der Waals surface area (Å²) in [6.07, 6.45) is 3.96. The number of nitrogens with two attached hydrogens (primary N) is 1. The third kappa shape index (κ3) is 3.76. The van der Waals surface area contributed by atoms with Crippen LogP contribution in [-0.4, -0.2) is 31.1 Å². The molecule has 1 saturated carbocycles. The van der Waals surface area contributed by atoms with Crippen molar-refractivity contribution in [2.24, 2.45) is 5.92 Å². The molecule has 0 aliphatic heterocycles. The molecule has 1 fully saturated rings. The van der Waals surface area contributed by atoms with Crippen molar-refractivity contribution in [3.05, 3.63) is 29.8 Å². The largest absolute Gasteiger partial charge is 0.469 e. The first-order valence-electron chi connectivity index (χ1n) is 7.68. The summed E-state index contributed by atoms with van der Waals surface area (Å²) in [5, 5.41) is 0. The van der Waals surface area contributed by atoms with Gasteiger partial charge in [-0.05, 0) is 57.4 Å². The van der Waals surface area contributed by atoms with Crippen LogP contribution in [0.2, 0.25) is 0 Å². The zero-order chi connectivity index (χ0) is 15.4. The van der Waals surface area contributed by atoms with E-state index in [-0.39, 0.29) is 11.9 Å². The molecule has 1 unspecified atom stereocenters.